The second kappa shape index (κ2) is 16.9. The van der Waals surface area contributed by atoms with Crippen LogP contribution in [0.15, 0.2) is 182 Å². The molecule has 0 spiro atoms. The van der Waals surface area contributed by atoms with Crippen LogP contribution in [0, 0.1) is 13.8 Å². The van der Waals surface area contributed by atoms with Gasteiger partial charge in [0.2, 0.25) is 0 Å². The maximum absolute atomic E-state index is 2.58. The zero-order chi connectivity index (χ0) is 45.3. The van der Waals surface area contributed by atoms with E-state index in [0.717, 1.165) is 0 Å². The highest BCUT2D eigenvalue weighted by Gasteiger charge is 2.24. The molecule has 0 aliphatic heterocycles. The van der Waals surface area contributed by atoms with Gasteiger partial charge < -0.3 is 0 Å². The molecule has 2 saturated carbocycles. The summed E-state index contributed by atoms with van der Waals surface area (Å²) in [5.74, 6) is 1.16. The molecule has 0 bridgehead atoms. The Hall–Kier alpha value is -7.02. The van der Waals surface area contributed by atoms with Crippen LogP contribution in [0.1, 0.15) is 98.3 Å². The summed E-state index contributed by atoms with van der Waals surface area (Å²) in [6.45, 7) is 4.53. The molecule has 2 aliphatic rings. The maximum Gasteiger partial charge on any atom is -0.00636 e. The standard InChI is InChI=1S/C68H58/c1-43-33-49(37-51(35-43)53-39-63(47-17-5-3-6-18-47)67-61-27-15-13-23-57(61)55-21-9-11-25-59(55)65(67)41-53)45-29-31-46(32-30-45)50-34-44(2)36-52(38-50)54-40-64(48-19-7-4-8-20-48)68-62-28-16-14-24-58(62)56-22-10-12-26-60(56)66(68)42-54/h9-16,21-42,47-48H,3-8,17-20H2,1-2H3. The lowest BCUT2D eigenvalue weighted by Gasteiger charge is -2.26. The normalized spacial score (nSPS) is 15.1. The first-order valence-corrected chi connectivity index (χ1v) is 25.6. The molecule has 11 aromatic carbocycles. The van der Waals surface area contributed by atoms with Crippen molar-refractivity contribution in [3.63, 3.8) is 0 Å². The fourth-order valence-corrected chi connectivity index (χ4v) is 13.0. The molecular formula is C68H58. The van der Waals surface area contributed by atoms with Gasteiger partial charge in [0.05, 0.1) is 0 Å². The lowest BCUT2D eigenvalue weighted by Crippen LogP contribution is -2.06. The van der Waals surface area contributed by atoms with Crippen LogP contribution >= 0.6 is 0 Å². The van der Waals surface area contributed by atoms with Crippen molar-refractivity contribution in [2.45, 2.75) is 89.9 Å². The number of benzene rings is 11. The number of hydrogen-bond donors (Lipinski definition) is 0. The highest BCUT2D eigenvalue weighted by molar-refractivity contribution is 6.28. The summed E-state index contributed by atoms with van der Waals surface area (Å²) in [5, 5.41) is 16.6. The fourth-order valence-electron chi connectivity index (χ4n) is 13.0. The smallest absolute Gasteiger partial charge is 0.00636 e. The zero-order valence-electron chi connectivity index (χ0n) is 39.5. The summed E-state index contributed by atoms with van der Waals surface area (Å²) in [6, 6.07) is 70.4. The fraction of sp³-hybridized carbons (Fsp3) is 0.206. The SMILES string of the molecule is Cc1cc(-c2ccc(-c3cc(C)cc(-c4cc(C5CCCCC5)c5c6ccccc6c6ccccc6c5c4)c3)cc2)cc(-c2cc(C3CCCCC3)c3c4ccccc4c4ccccc4c3c2)c1. The lowest BCUT2D eigenvalue weighted by atomic mass is 9.79. The Labute approximate surface area is 401 Å². The van der Waals surface area contributed by atoms with Crippen molar-refractivity contribution in [2.75, 3.05) is 0 Å². The van der Waals surface area contributed by atoms with E-state index in [1.165, 1.54) is 184 Å². The third-order valence-electron chi connectivity index (χ3n) is 16.2. The summed E-state index contributed by atoms with van der Waals surface area (Å²) in [4.78, 5) is 0. The minimum atomic E-state index is 0.579. The Morgan fingerprint density at radius 2 is 0.529 bits per heavy atom. The van der Waals surface area contributed by atoms with Crippen LogP contribution in [-0.4, -0.2) is 0 Å². The molecule has 13 rings (SSSR count). The predicted octanol–water partition coefficient (Wildman–Crippen LogP) is 20.0. The second-order valence-corrected chi connectivity index (χ2v) is 20.6. The Bertz CT molecular complexity index is 3510. The van der Waals surface area contributed by atoms with Gasteiger partial charge in [-0.3, -0.25) is 0 Å². The number of hydrogen-bond acceptors (Lipinski definition) is 0. The molecular weight excluding hydrogens is 817 g/mol. The highest BCUT2D eigenvalue weighted by Crippen LogP contribution is 2.47. The molecule has 0 heterocycles. The van der Waals surface area contributed by atoms with Crippen molar-refractivity contribution in [3.05, 3.63) is 204 Å². The Kier molecular flexibility index (Phi) is 10.3. The van der Waals surface area contributed by atoms with Gasteiger partial charge in [-0.15, -0.1) is 0 Å². The minimum absolute atomic E-state index is 0.579. The van der Waals surface area contributed by atoms with E-state index in [-0.39, 0.29) is 0 Å². The zero-order valence-corrected chi connectivity index (χ0v) is 39.5. The minimum Gasteiger partial charge on any atom is -0.0616 e. The van der Waals surface area contributed by atoms with Gasteiger partial charge >= 0.3 is 0 Å². The lowest BCUT2D eigenvalue weighted by molar-refractivity contribution is 0.446. The predicted molar refractivity (Wildman–Crippen MR) is 294 cm³/mol. The maximum atomic E-state index is 2.58. The van der Waals surface area contributed by atoms with E-state index < -0.39 is 0 Å². The van der Waals surface area contributed by atoms with Gasteiger partial charge in [-0.25, -0.2) is 0 Å². The van der Waals surface area contributed by atoms with Gasteiger partial charge in [-0.1, -0.05) is 196 Å². The summed E-state index contributed by atoms with van der Waals surface area (Å²) >= 11 is 0. The summed E-state index contributed by atoms with van der Waals surface area (Å²) in [5.41, 5.74) is 16.0. The third kappa shape index (κ3) is 7.11. The molecule has 0 saturated heterocycles. The number of fused-ring (bicyclic) bond motifs is 12. The van der Waals surface area contributed by atoms with E-state index in [1.54, 1.807) is 11.1 Å². The van der Waals surface area contributed by atoms with E-state index in [2.05, 4.69) is 196 Å². The summed E-state index contributed by atoms with van der Waals surface area (Å²) < 4.78 is 0. The van der Waals surface area contributed by atoms with Crippen molar-refractivity contribution < 1.29 is 0 Å². The number of aryl methyl sites for hydroxylation is 2. The van der Waals surface area contributed by atoms with Crippen LogP contribution in [0.25, 0.3) is 109 Å². The van der Waals surface area contributed by atoms with Crippen LogP contribution < -0.4 is 0 Å². The quantitative estimate of drug-likeness (QED) is 0.146. The summed E-state index contributed by atoms with van der Waals surface area (Å²) in [7, 11) is 0. The Morgan fingerprint density at radius 3 is 0.882 bits per heavy atom. The van der Waals surface area contributed by atoms with E-state index in [1.807, 2.05) is 0 Å². The van der Waals surface area contributed by atoms with Crippen molar-refractivity contribution in [1.82, 2.24) is 0 Å². The van der Waals surface area contributed by atoms with Gasteiger partial charge in [-0.05, 0) is 207 Å². The first-order chi connectivity index (χ1) is 33.5. The van der Waals surface area contributed by atoms with Crippen LogP contribution in [0.2, 0.25) is 0 Å². The first kappa shape index (κ1) is 41.2. The van der Waals surface area contributed by atoms with Crippen LogP contribution in [0.5, 0.6) is 0 Å². The molecule has 0 amide bonds. The van der Waals surface area contributed by atoms with E-state index in [9.17, 15) is 0 Å². The van der Waals surface area contributed by atoms with Gasteiger partial charge in [0.1, 0.15) is 0 Å². The molecule has 0 nitrogen and oxygen atoms in total. The summed E-state index contributed by atoms with van der Waals surface area (Å²) in [6.07, 6.45) is 13.0. The molecule has 0 atom stereocenters. The second-order valence-electron chi connectivity index (χ2n) is 20.6. The molecule has 0 radical (unpaired) electrons. The molecule has 0 unspecified atom stereocenters. The number of rotatable bonds is 6. The van der Waals surface area contributed by atoms with Gasteiger partial charge in [0.15, 0.2) is 0 Å². The molecule has 68 heavy (non-hydrogen) atoms. The van der Waals surface area contributed by atoms with E-state index >= 15 is 0 Å². The van der Waals surface area contributed by atoms with Gasteiger partial charge in [0.25, 0.3) is 0 Å². The molecule has 0 heteroatoms. The molecule has 11 aromatic rings. The molecule has 2 fully saturated rings. The molecule has 0 aromatic heterocycles. The van der Waals surface area contributed by atoms with Crippen molar-refractivity contribution in [3.8, 4) is 44.5 Å². The average molecular weight is 875 g/mol. The Morgan fingerprint density at radius 1 is 0.250 bits per heavy atom. The largest absolute Gasteiger partial charge is 0.0616 e. The third-order valence-corrected chi connectivity index (χ3v) is 16.2. The van der Waals surface area contributed by atoms with Crippen molar-refractivity contribution in [1.29, 1.82) is 0 Å². The van der Waals surface area contributed by atoms with Crippen LogP contribution in [-0.2, 0) is 0 Å². The van der Waals surface area contributed by atoms with Crippen LogP contribution in [0.3, 0.4) is 0 Å². The van der Waals surface area contributed by atoms with E-state index in [4.69, 9.17) is 0 Å². The van der Waals surface area contributed by atoms with Crippen molar-refractivity contribution >= 4 is 64.6 Å². The monoisotopic (exact) mass is 874 g/mol. The molecule has 2 aliphatic carbocycles. The van der Waals surface area contributed by atoms with Crippen molar-refractivity contribution in [2.24, 2.45) is 0 Å². The highest BCUT2D eigenvalue weighted by atomic mass is 14.3. The molecule has 0 N–H and O–H groups in total. The Balaban J connectivity index is 0.901. The average Bonchev–Trinajstić information content (AvgIpc) is 3.40. The van der Waals surface area contributed by atoms with Gasteiger partial charge in [-0.2, -0.15) is 0 Å². The van der Waals surface area contributed by atoms with Crippen LogP contribution in [0.4, 0.5) is 0 Å². The van der Waals surface area contributed by atoms with Gasteiger partial charge in [0, 0.05) is 0 Å². The molecule has 330 valence electrons. The van der Waals surface area contributed by atoms with E-state index in [0.29, 0.717) is 11.8 Å². The first-order valence-electron chi connectivity index (χ1n) is 25.6. The topological polar surface area (TPSA) is 0 Å².